The summed E-state index contributed by atoms with van der Waals surface area (Å²) in [7, 11) is 0. The van der Waals surface area contributed by atoms with Crippen molar-refractivity contribution in [2.45, 2.75) is 6.42 Å². The van der Waals surface area contributed by atoms with Crippen LogP contribution in [0.1, 0.15) is 5.56 Å². The summed E-state index contributed by atoms with van der Waals surface area (Å²) < 4.78 is 12.9. The highest BCUT2D eigenvalue weighted by Gasteiger charge is 2.21. The van der Waals surface area contributed by atoms with Gasteiger partial charge in [0.05, 0.1) is 10.0 Å². The van der Waals surface area contributed by atoms with E-state index in [0.717, 1.165) is 31.6 Å². The first-order valence-corrected chi connectivity index (χ1v) is 9.24. The number of benzene rings is 2. The van der Waals surface area contributed by atoms with E-state index in [0.29, 0.717) is 28.8 Å². The lowest BCUT2D eigenvalue weighted by Crippen LogP contribution is -2.50. The van der Waals surface area contributed by atoms with Gasteiger partial charge in [0, 0.05) is 38.4 Å². The number of anilines is 1. The molecule has 138 valence electrons. The monoisotopic (exact) mass is 395 g/mol. The number of carbonyl (C=O) groups excluding carboxylic acids is 1. The maximum atomic E-state index is 12.9. The third-order valence-electron chi connectivity index (χ3n) is 4.46. The summed E-state index contributed by atoms with van der Waals surface area (Å²) in [5.74, 6) is -0.213. The van der Waals surface area contributed by atoms with Gasteiger partial charge in [-0.1, -0.05) is 35.3 Å². The summed E-state index contributed by atoms with van der Waals surface area (Å²) in [6, 6.07) is 11.5. The lowest BCUT2D eigenvalue weighted by Gasteiger charge is -2.34. The Hall–Kier alpha value is -1.82. The van der Waals surface area contributed by atoms with E-state index in [1.165, 1.54) is 12.1 Å². The van der Waals surface area contributed by atoms with Crippen molar-refractivity contribution in [2.24, 2.45) is 0 Å². The third kappa shape index (κ3) is 5.10. The smallest absolute Gasteiger partial charge is 0.321 e. The Labute approximate surface area is 162 Å². The molecule has 0 radical (unpaired) electrons. The Morgan fingerprint density at radius 1 is 1.00 bits per heavy atom. The van der Waals surface area contributed by atoms with Gasteiger partial charge < -0.3 is 10.2 Å². The maximum Gasteiger partial charge on any atom is 0.321 e. The van der Waals surface area contributed by atoms with Crippen molar-refractivity contribution < 1.29 is 9.18 Å². The molecule has 1 fully saturated rings. The van der Waals surface area contributed by atoms with Crippen molar-refractivity contribution in [2.75, 3.05) is 38.0 Å². The minimum atomic E-state index is -0.213. The first kappa shape index (κ1) is 19.0. The Morgan fingerprint density at radius 2 is 1.69 bits per heavy atom. The van der Waals surface area contributed by atoms with Crippen LogP contribution in [0.25, 0.3) is 0 Å². The van der Waals surface area contributed by atoms with Crippen LogP contribution in [-0.2, 0) is 6.42 Å². The average Bonchev–Trinajstić information content (AvgIpc) is 2.65. The van der Waals surface area contributed by atoms with Crippen LogP contribution in [0.5, 0.6) is 0 Å². The molecule has 1 aliphatic heterocycles. The van der Waals surface area contributed by atoms with Crippen LogP contribution >= 0.6 is 23.2 Å². The number of carbonyl (C=O) groups is 1. The Balaban J connectivity index is 1.44. The molecule has 2 amide bonds. The van der Waals surface area contributed by atoms with Gasteiger partial charge in [0.25, 0.3) is 0 Å². The second-order valence-corrected chi connectivity index (χ2v) is 7.08. The van der Waals surface area contributed by atoms with Gasteiger partial charge in [-0.2, -0.15) is 0 Å². The number of nitrogens with zero attached hydrogens (tertiary/aromatic N) is 2. The summed E-state index contributed by atoms with van der Waals surface area (Å²) in [4.78, 5) is 16.5. The fraction of sp³-hybridized carbons (Fsp3) is 0.316. The van der Waals surface area contributed by atoms with Gasteiger partial charge in [0.2, 0.25) is 0 Å². The highest BCUT2D eigenvalue weighted by molar-refractivity contribution is 6.42. The molecule has 3 rings (SSSR count). The Kier molecular flexibility index (Phi) is 6.35. The maximum absolute atomic E-state index is 12.9. The summed E-state index contributed by atoms with van der Waals surface area (Å²) >= 11 is 11.9. The first-order chi connectivity index (χ1) is 12.5. The van der Waals surface area contributed by atoms with Gasteiger partial charge in [0.15, 0.2) is 0 Å². The standard InChI is InChI=1S/C19H20Cl2FN3O/c20-17-6-5-16(13-18(17)21)23-19(26)25-11-9-24(10-12-25)8-7-14-1-3-15(22)4-2-14/h1-6,13H,7-12H2,(H,23,26). The SMILES string of the molecule is O=C(Nc1ccc(Cl)c(Cl)c1)N1CCN(CCc2ccc(F)cc2)CC1. The summed E-state index contributed by atoms with van der Waals surface area (Å²) in [5, 5.41) is 3.72. The number of amides is 2. The van der Waals surface area contributed by atoms with Crippen molar-refractivity contribution in [3.8, 4) is 0 Å². The predicted molar refractivity (Wildman–Crippen MR) is 104 cm³/mol. The van der Waals surface area contributed by atoms with E-state index in [9.17, 15) is 9.18 Å². The summed E-state index contributed by atoms with van der Waals surface area (Å²) in [6.45, 7) is 3.85. The van der Waals surface area contributed by atoms with Crippen molar-refractivity contribution in [3.05, 3.63) is 63.9 Å². The van der Waals surface area contributed by atoms with E-state index < -0.39 is 0 Å². The molecule has 26 heavy (non-hydrogen) atoms. The molecular weight excluding hydrogens is 376 g/mol. The van der Waals surface area contributed by atoms with Crippen molar-refractivity contribution in [1.82, 2.24) is 9.80 Å². The van der Waals surface area contributed by atoms with Crippen LogP contribution in [0.15, 0.2) is 42.5 Å². The van der Waals surface area contributed by atoms with Gasteiger partial charge in [-0.25, -0.2) is 9.18 Å². The molecule has 0 atom stereocenters. The van der Waals surface area contributed by atoms with Gasteiger partial charge in [-0.05, 0) is 42.3 Å². The number of hydrogen-bond donors (Lipinski definition) is 1. The lowest BCUT2D eigenvalue weighted by atomic mass is 10.1. The molecule has 0 spiro atoms. The van der Waals surface area contributed by atoms with E-state index in [2.05, 4.69) is 10.2 Å². The number of hydrogen-bond acceptors (Lipinski definition) is 2. The van der Waals surface area contributed by atoms with E-state index in [4.69, 9.17) is 23.2 Å². The average molecular weight is 396 g/mol. The van der Waals surface area contributed by atoms with E-state index in [1.54, 1.807) is 23.1 Å². The zero-order chi connectivity index (χ0) is 18.5. The second kappa shape index (κ2) is 8.71. The quantitative estimate of drug-likeness (QED) is 0.825. The van der Waals surface area contributed by atoms with E-state index in [-0.39, 0.29) is 11.8 Å². The molecule has 1 heterocycles. The molecule has 0 aliphatic carbocycles. The Bertz CT molecular complexity index is 762. The van der Waals surface area contributed by atoms with Crippen LogP contribution in [0.3, 0.4) is 0 Å². The van der Waals surface area contributed by atoms with Crippen LogP contribution in [0.2, 0.25) is 10.0 Å². The molecule has 2 aromatic rings. The number of halogens is 3. The number of piperazine rings is 1. The van der Waals surface area contributed by atoms with Crippen LogP contribution < -0.4 is 5.32 Å². The second-order valence-electron chi connectivity index (χ2n) is 6.26. The molecule has 1 saturated heterocycles. The summed E-state index contributed by atoms with van der Waals surface area (Å²) in [6.07, 6.45) is 0.871. The van der Waals surface area contributed by atoms with Gasteiger partial charge in [0.1, 0.15) is 5.82 Å². The fourth-order valence-electron chi connectivity index (χ4n) is 2.89. The fourth-order valence-corrected chi connectivity index (χ4v) is 3.19. The van der Waals surface area contributed by atoms with Crippen LogP contribution in [0.4, 0.5) is 14.9 Å². The minimum absolute atomic E-state index is 0.137. The molecule has 0 aromatic heterocycles. The zero-order valence-electron chi connectivity index (χ0n) is 14.2. The molecule has 0 saturated carbocycles. The predicted octanol–water partition coefficient (Wildman–Crippen LogP) is 4.52. The first-order valence-electron chi connectivity index (χ1n) is 8.49. The molecule has 1 aliphatic rings. The Morgan fingerprint density at radius 3 is 2.35 bits per heavy atom. The van der Waals surface area contributed by atoms with E-state index in [1.807, 2.05) is 12.1 Å². The molecule has 0 unspecified atom stereocenters. The molecular formula is C19H20Cl2FN3O. The van der Waals surface area contributed by atoms with Crippen molar-refractivity contribution >= 4 is 34.9 Å². The molecule has 2 aromatic carbocycles. The largest absolute Gasteiger partial charge is 0.322 e. The number of nitrogens with one attached hydrogen (secondary N) is 1. The molecule has 0 bridgehead atoms. The molecule has 7 heteroatoms. The van der Waals surface area contributed by atoms with Gasteiger partial charge in [-0.3, -0.25) is 4.90 Å². The normalized spacial score (nSPS) is 15.1. The molecule has 4 nitrogen and oxygen atoms in total. The summed E-state index contributed by atoms with van der Waals surface area (Å²) in [5.41, 5.74) is 1.74. The highest BCUT2D eigenvalue weighted by atomic mass is 35.5. The minimum Gasteiger partial charge on any atom is -0.322 e. The third-order valence-corrected chi connectivity index (χ3v) is 5.20. The zero-order valence-corrected chi connectivity index (χ0v) is 15.7. The number of urea groups is 1. The van der Waals surface area contributed by atoms with Crippen LogP contribution in [0, 0.1) is 5.82 Å². The van der Waals surface area contributed by atoms with Gasteiger partial charge in [-0.15, -0.1) is 0 Å². The van der Waals surface area contributed by atoms with Gasteiger partial charge >= 0.3 is 6.03 Å². The van der Waals surface area contributed by atoms with Crippen molar-refractivity contribution in [3.63, 3.8) is 0 Å². The number of rotatable bonds is 4. The highest BCUT2D eigenvalue weighted by Crippen LogP contribution is 2.25. The van der Waals surface area contributed by atoms with E-state index >= 15 is 0 Å². The van der Waals surface area contributed by atoms with Crippen LogP contribution in [-0.4, -0.2) is 48.6 Å². The topological polar surface area (TPSA) is 35.6 Å². The lowest BCUT2D eigenvalue weighted by molar-refractivity contribution is 0.148. The van der Waals surface area contributed by atoms with Crippen molar-refractivity contribution in [1.29, 1.82) is 0 Å². The molecule has 1 N–H and O–H groups in total.